The van der Waals surface area contributed by atoms with Gasteiger partial charge in [-0.1, -0.05) is 0 Å². The van der Waals surface area contributed by atoms with Crippen molar-refractivity contribution >= 4 is 23.8 Å². The molecule has 1 saturated heterocycles. The Labute approximate surface area is 102 Å². The topological polar surface area (TPSA) is 24.5 Å². The Morgan fingerprint density at radius 2 is 2.00 bits per heavy atom. The molecule has 1 aromatic carbocycles. The summed E-state index contributed by atoms with van der Waals surface area (Å²) in [7, 11) is 0. The molecule has 0 amide bonds. The van der Waals surface area contributed by atoms with Crippen LogP contribution in [0, 0.1) is 0 Å². The monoisotopic (exact) mass is 240 g/mol. The smallest absolute Gasteiger partial charge is 0.0642 e. The van der Waals surface area contributed by atoms with Crippen molar-refractivity contribution in [3.63, 3.8) is 0 Å². The van der Waals surface area contributed by atoms with Crippen molar-refractivity contribution in [2.75, 3.05) is 43.1 Å². The van der Waals surface area contributed by atoms with E-state index in [0.29, 0.717) is 0 Å². The Morgan fingerprint density at radius 3 is 2.81 bits per heavy atom. The summed E-state index contributed by atoms with van der Waals surface area (Å²) in [5.74, 6) is 0. The number of nitrogens with zero attached hydrogens (tertiary/aromatic N) is 1. The van der Waals surface area contributed by atoms with Crippen LogP contribution in [-0.2, 0) is 11.2 Å². The van der Waals surface area contributed by atoms with Gasteiger partial charge < -0.3 is 15.0 Å². The third-order valence-electron chi connectivity index (χ3n) is 3.17. The van der Waals surface area contributed by atoms with Gasteiger partial charge in [-0.3, -0.25) is 0 Å². The molecule has 1 aromatic rings. The number of anilines is 2. The number of benzene rings is 1. The number of rotatable bonds is 1. The van der Waals surface area contributed by atoms with Crippen LogP contribution < -0.4 is 10.2 Å². The first-order chi connectivity index (χ1) is 7.43. The molecule has 0 bridgehead atoms. The van der Waals surface area contributed by atoms with Gasteiger partial charge in [0.2, 0.25) is 0 Å². The van der Waals surface area contributed by atoms with E-state index in [1.807, 2.05) is 0 Å². The molecule has 2 heterocycles. The Bertz CT molecular complexity index is 364. The highest BCUT2D eigenvalue weighted by Gasteiger charge is 2.15. The lowest BCUT2D eigenvalue weighted by Crippen LogP contribution is -2.36. The van der Waals surface area contributed by atoms with Crippen molar-refractivity contribution in [3.05, 3.63) is 23.8 Å². The van der Waals surface area contributed by atoms with Gasteiger partial charge in [-0.25, -0.2) is 0 Å². The van der Waals surface area contributed by atoms with E-state index >= 15 is 0 Å². The lowest BCUT2D eigenvalue weighted by molar-refractivity contribution is 0.122. The molecule has 2 aliphatic rings. The first-order valence-corrected chi connectivity index (χ1v) is 5.63. The van der Waals surface area contributed by atoms with Crippen LogP contribution >= 0.6 is 12.4 Å². The molecule has 0 radical (unpaired) electrons. The normalized spacial score (nSPS) is 18.6. The maximum Gasteiger partial charge on any atom is 0.0642 e. The lowest BCUT2D eigenvalue weighted by Gasteiger charge is -2.29. The Balaban J connectivity index is 0.000000963. The fraction of sp³-hybridized carbons (Fsp3) is 0.500. The van der Waals surface area contributed by atoms with E-state index < -0.39 is 0 Å². The molecule has 0 aliphatic carbocycles. The molecule has 0 unspecified atom stereocenters. The van der Waals surface area contributed by atoms with Crippen molar-refractivity contribution in [2.45, 2.75) is 6.42 Å². The van der Waals surface area contributed by atoms with Crippen LogP contribution in [0.3, 0.4) is 0 Å². The van der Waals surface area contributed by atoms with Gasteiger partial charge in [0.1, 0.15) is 0 Å². The van der Waals surface area contributed by atoms with Gasteiger partial charge >= 0.3 is 0 Å². The summed E-state index contributed by atoms with van der Waals surface area (Å²) in [6, 6.07) is 6.73. The van der Waals surface area contributed by atoms with E-state index in [4.69, 9.17) is 4.74 Å². The fourth-order valence-electron chi connectivity index (χ4n) is 2.31. The molecule has 0 aromatic heterocycles. The van der Waals surface area contributed by atoms with E-state index in [9.17, 15) is 0 Å². The van der Waals surface area contributed by atoms with Crippen molar-refractivity contribution in [3.8, 4) is 0 Å². The third-order valence-corrected chi connectivity index (χ3v) is 3.17. The number of hydrogen-bond acceptors (Lipinski definition) is 3. The molecular weight excluding hydrogens is 224 g/mol. The number of ether oxygens (including phenoxy) is 1. The van der Waals surface area contributed by atoms with Crippen LogP contribution in [0.15, 0.2) is 18.2 Å². The Morgan fingerprint density at radius 1 is 1.19 bits per heavy atom. The highest BCUT2D eigenvalue weighted by Crippen LogP contribution is 2.27. The summed E-state index contributed by atoms with van der Waals surface area (Å²) in [4.78, 5) is 2.40. The average molecular weight is 241 g/mol. The molecule has 0 atom stereocenters. The zero-order chi connectivity index (χ0) is 10.1. The molecule has 2 aliphatic heterocycles. The lowest BCUT2D eigenvalue weighted by atomic mass is 10.1. The van der Waals surface area contributed by atoms with Gasteiger partial charge in [0, 0.05) is 31.0 Å². The summed E-state index contributed by atoms with van der Waals surface area (Å²) >= 11 is 0. The van der Waals surface area contributed by atoms with Crippen LogP contribution in [0.1, 0.15) is 5.56 Å². The number of morpholine rings is 1. The number of nitrogens with one attached hydrogen (secondary N) is 1. The van der Waals surface area contributed by atoms with Crippen LogP contribution in [0.5, 0.6) is 0 Å². The van der Waals surface area contributed by atoms with Crippen molar-refractivity contribution in [2.24, 2.45) is 0 Å². The summed E-state index contributed by atoms with van der Waals surface area (Å²) in [6.45, 7) is 4.84. The molecule has 0 spiro atoms. The van der Waals surface area contributed by atoms with Gasteiger partial charge in [0.15, 0.2) is 0 Å². The van der Waals surface area contributed by atoms with Gasteiger partial charge in [0.25, 0.3) is 0 Å². The summed E-state index contributed by atoms with van der Waals surface area (Å²) in [5, 5.41) is 3.39. The molecule has 1 fully saturated rings. The molecule has 1 N–H and O–H groups in total. The first-order valence-electron chi connectivity index (χ1n) is 5.63. The predicted octanol–water partition coefficient (Wildman–Crippen LogP) is 1.91. The standard InChI is InChI=1S/C12H16N2O.ClH/c1-2-12-10(3-4-13-12)9-11(1)14-5-7-15-8-6-14;/h1-2,9,13H,3-8H2;1H. The third kappa shape index (κ3) is 2.11. The predicted molar refractivity (Wildman–Crippen MR) is 68.9 cm³/mol. The van der Waals surface area contributed by atoms with E-state index in [-0.39, 0.29) is 12.4 Å². The number of halogens is 1. The molecule has 88 valence electrons. The zero-order valence-corrected chi connectivity index (χ0v) is 10.1. The van der Waals surface area contributed by atoms with Crippen LogP contribution in [0.25, 0.3) is 0 Å². The van der Waals surface area contributed by atoms with Crippen molar-refractivity contribution < 1.29 is 4.74 Å². The highest BCUT2D eigenvalue weighted by atomic mass is 35.5. The van der Waals surface area contributed by atoms with Crippen molar-refractivity contribution in [1.29, 1.82) is 0 Å². The quantitative estimate of drug-likeness (QED) is 0.812. The highest BCUT2D eigenvalue weighted by molar-refractivity contribution is 5.85. The maximum atomic E-state index is 5.36. The maximum absolute atomic E-state index is 5.36. The summed E-state index contributed by atoms with van der Waals surface area (Å²) in [5.41, 5.74) is 4.12. The molecular formula is C12H17ClN2O. The molecule has 4 heteroatoms. The minimum Gasteiger partial charge on any atom is -0.384 e. The minimum absolute atomic E-state index is 0. The second kappa shape index (κ2) is 4.93. The number of fused-ring (bicyclic) bond motifs is 1. The van der Waals surface area contributed by atoms with E-state index in [1.165, 1.54) is 16.9 Å². The molecule has 16 heavy (non-hydrogen) atoms. The van der Waals surface area contributed by atoms with E-state index in [2.05, 4.69) is 28.4 Å². The van der Waals surface area contributed by atoms with Crippen LogP contribution in [-0.4, -0.2) is 32.8 Å². The Kier molecular flexibility index (Phi) is 3.56. The minimum atomic E-state index is 0. The van der Waals surface area contributed by atoms with Crippen LogP contribution in [0.2, 0.25) is 0 Å². The van der Waals surface area contributed by atoms with Crippen LogP contribution in [0.4, 0.5) is 11.4 Å². The van der Waals surface area contributed by atoms with Gasteiger partial charge in [0.05, 0.1) is 13.2 Å². The Hall–Kier alpha value is -0.930. The van der Waals surface area contributed by atoms with Gasteiger partial charge in [-0.05, 0) is 30.2 Å². The second-order valence-corrected chi connectivity index (χ2v) is 4.12. The summed E-state index contributed by atoms with van der Waals surface area (Å²) < 4.78 is 5.36. The van der Waals surface area contributed by atoms with Gasteiger partial charge in [-0.15, -0.1) is 12.4 Å². The molecule has 3 nitrogen and oxygen atoms in total. The molecule has 0 saturated carbocycles. The molecule has 3 rings (SSSR count). The SMILES string of the molecule is Cl.c1cc2c(cc1N1CCOCC1)CCN2. The van der Waals surface area contributed by atoms with Crippen molar-refractivity contribution in [1.82, 2.24) is 0 Å². The van der Waals surface area contributed by atoms with E-state index in [1.54, 1.807) is 0 Å². The summed E-state index contributed by atoms with van der Waals surface area (Å²) in [6.07, 6.45) is 1.16. The average Bonchev–Trinajstić information content (AvgIpc) is 2.77. The van der Waals surface area contributed by atoms with Gasteiger partial charge in [-0.2, -0.15) is 0 Å². The zero-order valence-electron chi connectivity index (χ0n) is 9.24. The van der Waals surface area contributed by atoms with E-state index in [0.717, 1.165) is 39.3 Å². The largest absolute Gasteiger partial charge is 0.384 e. The number of hydrogen-bond donors (Lipinski definition) is 1. The second-order valence-electron chi connectivity index (χ2n) is 4.12. The first kappa shape index (κ1) is 11.6. The fourth-order valence-corrected chi connectivity index (χ4v) is 2.31.